The minimum absolute atomic E-state index is 0.797. The number of rotatable bonds is 4. The van der Waals surface area contributed by atoms with Crippen LogP contribution in [0, 0.1) is 0 Å². The Morgan fingerprint density at radius 3 is 2.36 bits per heavy atom. The molecule has 0 atom stereocenters. The summed E-state index contributed by atoms with van der Waals surface area (Å²) in [5.41, 5.74) is 3.20. The molecule has 0 unspecified atom stereocenters. The lowest BCUT2D eigenvalue weighted by atomic mass is 10.1. The van der Waals surface area contributed by atoms with Gasteiger partial charge in [-0.2, -0.15) is 0 Å². The summed E-state index contributed by atoms with van der Waals surface area (Å²) in [7, 11) is 0. The second-order valence-corrected chi connectivity index (χ2v) is 3.58. The van der Waals surface area contributed by atoms with E-state index in [-0.39, 0.29) is 0 Å². The first-order valence-corrected chi connectivity index (χ1v) is 5.52. The van der Waals surface area contributed by atoms with Gasteiger partial charge in [-0.25, -0.2) is 0 Å². The van der Waals surface area contributed by atoms with Crippen LogP contribution in [-0.2, 0) is 0 Å². The van der Waals surface area contributed by atoms with Gasteiger partial charge < -0.3 is 0 Å². The highest BCUT2D eigenvalue weighted by Gasteiger charge is 1.92. The van der Waals surface area contributed by atoms with Crippen LogP contribution in [0.5, 0.6) is 0 Å². The van der Waals surface area contributed by atoms with Gasteiger partial charge in [-0.15, -0.1) is 0 Å². The van der Waals surface area contributed by atoms with Crippen molar-refractivity contribution in [3.63, 3.8) is 0 Å². The van der Waals surface area contributed by atoms with E-state index in [2.05, 4.69) is 29.1 Å². The van der Waals surface area contributed by atoms with Crippen molar-refractivity contribution in [3.05, 3.63) is 66.8 Å². The second-order valence-electron chi connectivity index (χ2n) is 3.02. The molecule has 0 aliphatic heterocycles. The zero-order valence-corrected chi connectivity index (χ0v) is 9.63. The van der Waals surface area contributed by atoms with E-state index in [0.717, 1.165) is 22.0 Å². The minimum atomic E-state index is 0.797. The zero-order valence-electron chi connectivity index (χ0n) is 8.04. The van der Waals surface area contributed by atoms with E-state index in [0.29, 0.717) is 0 Å². The standard InChI is InChI=1S/C13H13Br/c1-11(10-14)8-9-12(2)13-6-4-3-5-7-13/h3-9H,1-2,10H2/b9-8-. The van der Waals surface area contributed by atoms with Crippen LogP contribution in [0.3, 0.4) is 0 Å². The Bertz CT molecular complexity index is 347. The van der Waals surface area contributed by atoms with E-state index in [1.54, 1.807) is 0 Å². The van der Waals surface area contributed by atoms with Crippen LogP contribution >= 0.6 is 15.9 Å². The maximum Gasteiger partial charge on any atom is 0.0277 e. The maximum absolute atomic E-state index is 3.99. The lowest BCUT2D eigenvalue weighted by molar-refractivity contribution is 1.59. The molecule has 72 valence electrons. The Kier molecular flexibility index (Phi) is 4.41. The summed E-state index contributed by atoms with van der Waals surface area (Å²) in [6.45, 7) is 7.85. The fourth-order valence-electron chi connectivity index (χ4n) is 1.01. The average Bonchev–Trinajstić information content (AvgIpc) is 2.26. The van der Waals surface area contributed by atoms with Crippen molar-refractivity contribution in [3.8, 4) is 0 Å². The van der Waals surface area contributed by atoms with Gasteiger partial charge in [0.1, 0.15) is 0 Å². The molecule has 14 heavy (non-hydrogen) atoms. The van der Waals surface area contributed by atoms with Gasteiger partial charge in [0.15, 0.2) is 0 Å². The summed E-state index contributed by atoms with van der Waals surface area (Å²) in [5.74, 6) is 0. The van der Waals surface area contributed by atoms with Crippen LogP contribution in [0.2, 0.25) is 0 Å². The average molecular weight is 249 g/mol. The van der Waals surface area contributed by atoms with E-state index in [9.17, 15) is 0 Å². The number of hydrogen-bond donors (Lipinski definition) is 0. The van der Waals surface area contributed by atoms with Crippen molar-refractivity contribution in [1.82, 2.24) is 0 Å². The molecule has 1 heteroatoms. The normalized spacial score (nSPS) is 10.4. The number of benzene rings is 1. The quantitative estimate of drug-likeness (QED) is 0.554. The molecular weight excluding hydrogens is 236 g/mol. The molecule has 0 aromatic heterocycles. The van der Waals surface area contributed by atoms with Crippen molar-refractivity contribution in [1.29, 1.82) is 0 Å². The summed E-state index contributed by atoms with van der Waals surface area (Å²) >= 11 is 3.34. The highest BCUT2D eigenvalue weighted by atomic mass is 79.9. The van der Waals surface area contributed by atoms with Crippen molar-refractivity contribution in [2.45, 2.75) is 0 Å². The Morgan fingerprint density at radius 1 is 1.14 bits per heavy atom. The lowest BCUT2D eigenvalue weighted by Gasteiger charge is -1.99. The molecule has 0 bridgehead atoms. The summed E-state index contributed by atoms with van der Waals surface area (Å²) in [5, 5.41) is 0.797. The molecule has 1 aromatic rings. The maximum atomic E-state index is 3.99. The first-order valence-electron chi connectivity index (χ1n) is 4.40. The van der Waals surface area contributed by atoms with Gasteiger partial charge in [0.25, 0.3) is 0 Å². The Morgan fingerprint density at radius 2 is 1.79 bits per heavy atom. The van der Waals surface area contributed by atoms with E-state index in [4.69, 9.17) is 0 Å². The molecule has 0 saturated heterocycles. The third-order valence-electron chi connectivity index (χ3n) is 1.84. The molecule has 0 nitrogen and oxygen atoms in total. The van der Waals surface area contributed by atoms with Crippen LogP contribution in [0.1, 0.15) is 5.56 Å². The third kappa shape index (κ3) is 3.35. The Labute approximate surface area is 93.8 Å². The van der Waals surface area contributed by atoms with Gasteiger partial charge in [0.05, 0.1) is 0 Å². The monoisotopic (exact) mass is 248 g/mol. The molecule has 0 spiro atoms. The Hall–Kier alpha value is -1.08. The van der Waals surface area contributed by atoms with Crippen LogP contribution < -0.4 is 0 Å². The molecule has 0 amide bonds. The topological polar surface area (TPSA) is 0 Å². The summed E-state index contributed by atoms with van der Waals surface area (Å²) in [6.07, 6.45) is 3.96. The number of halogens is 1. The highest BCUT2D eigenvalue weighted by molar-refractivity contribution is 9.09. The fraction of sp³-hybridized carbons (Fsp3) is 0.0769. The molecule has 0 aliphatic rings. The van der Waals surface area contributed by atoms with Crippen LogP contribution in [0.4, 0.5) is 0 Å². The lowest BCUT2D eigenvalue weighted by Crippen LogP contribution is -1.79. The highest BCUT2D eigenvalue weighted by Crippen LogP contribution is 2.13. The van der Waals surface area contributed by atoms with Crippen molar-refractivity contribution in [2.75, 3.05) is 5.33 Å². The summed E-state index contributed by atoms with van der Waals surface area (Å²) < 4.78 is 0. The van der Waals surface area contributed by atoms with E-state index < -0.39 is 0 Å². The van der Waals surface area contributed by atoms with Gasteiger partial charge in [0.2, 0.25) is 0 Å². The molecule has 1 rings (SSSR count). The molecule has 0 aliphatic carbocycles. The number of allylic oxidation sites excluding steroid dienone is 4. The van der Waals surface area contributed by atoms with Crippen LogP contribution in [0.15, 0.2) is 61.2 Å². The van der Waals surface area contributed by atoms with Gasteiger partial charge in [-0.1, -0.05) is 71.6 Å². The van der Waals surface area contributed by atoms with Crippen LogP contribution in [0.25, 0.3) is 5.57 Å². The van der Waals surface area contributed by atoms with Crippen molar-refractivity contribution < 1.29 is 0 Å². The molecule has 0 heterocycles. The molecule has 0 radical (unpaired) electrons. The number of alkyl halides is 1. The molecular formula is C13H13Br. The third-order valence-corrected chi connectivity index (χ3v) is 2.56. The van der Waals surface area contributed by atoms with Gasteiger partial charge in [0, 0.05) is 5.33 Å². The molecule has 0 saturated carbocycles. The predicted octanol–water partition coefficient (Wildman–Crippen LogP) is 4.21. The zero-order chi connectivity index (χ0) is 10.4. The Balaban J connectivity index is 2.69. The largest absolute Gasteiger partial charge is 0.0950 e. The van der Waals surface area contributed by atoms with Crippen molar-refractivity contribution >= 4 is 21.5 Å². The predicted molar refractivity (Wildman–Crippen MR) is 67.6 cm³/mol. The minimum Gasteiger partial charge on any atom is -0.0950 e. The second kappa shape index (κ2) is 5.61. The molecule has 1 aromatic carbocycles. The van der Waals surface area contributed by atoms with Gasteiger partial charge in [-0.05, 0) is 16.7 Å². The van der Waals surface area contributed by atoms with Gasteiger partial charge in [-0.3, -0.25) is 0 Å². The summed E-state index contributed by atoms with van der Waals surface area (Å²) in [4.78, 5) is 0. The van der Waals surface area contributed by atoms with E-state index in [1.807, 2.05) is 42.5 Å². The smallest absolute Gasteiger partial charge is 0.0277 e. The first kappa shape index (κ1) is 11.0. The SMILES string of the molecule is C=C(/C=C\C(=C)c1ccccc1)CBr. The summed E-state index contributed by atoms with van der Waals surface area (Å²) in [6, 6.07) is 10.1. The number of hydrogen-bond acceptors (Lipinski definition) is 0. The molecule has 0 N–H and O–H groups in total. The fourth-order valence-corrected chi connectivity index (χ4v) is 1.20. The first-order chi connectivity index (χ1) is 6.74. The van der Waals surface area contributed by atoms with E-state index >= 15 is 0 Å². The van der Waals surface area contributed by atoms with Crippen molar-refractivity contribution in [2.24, 2.45) is 0 Å². The van der Waals surface area contributed by atoms with E-state index in [1.165, 1.54) is 0 Å². The van der Waals surface area contributed by atoms with Crippen LogP contribution in [-0.4, -0.2) is 5.33 Å². The molecule has 0 fully saturated rings. The van der Waals surface area contributed by atoms with Gasteiger partial charge >= 0.3 is 0 Å².